The standard InChI is InChI=1S/C16H15N3OS2/c1-2-14(20)17-15-18-19-16(22-15)21-10-12-8-5-7-11-6-3-4-9-13(11)12/h3-9H,2,10H2,1H3,(H,17,18,20). The van der Waals surface area contributed by atoms with E-state index >= 15 is 0 Å². The van der Waals surface area contributed by atoms with Crippen LogP contribution in [0, 0.1) is 0 Å². The maximum Gasteiger partial charge on any atom is 0.225 e. The predicted molar refractivity (Wildman–Crippen MR) is 92.3 cm³/mol. The topological polar surface area (TPSA) is 54.9 Å². The lowest BCUT2D eigenvalue weighted by Crippen LogP contribution is -2.08. The molecule has 0 saturated carbocycles. The average Bonchev–Trinajstić information content (AvgIpc) is 3.00. The largest absolute Gasteiger partial charge is 0.301 e. The van der Waals surface area contributed by atoms with E-state index in [1.54, 1.807) is 11.8 Å². The van der Waals surface area contributed by atoms with Gasteiger partial charge in [0.2, 0.25) is 11.0 Å². The van der Waals surface area contributed by atoms with Crippen molar-refractivity contribution in [1.29, 1.82) is 0 Å². The molecule has 6 heteroatoms. The van der Waals surface area contributed by atoms with E-state index in [4.69, 9.17) is 0 Å². The van der Waals surface area contributed by atoms with Crippen molar-refractivity contribution in [2.24, 2.45) is 0 Å². The molecule has 112 valence electrons. The highest BCUT2D eigenvalue weighted by atomic mass is 32.2. The van der Waals surface area contributed by atoms with Crippen molar-refractivity contribution < 1.29 is 4.79 Å². The minimum Gasteiger partial charge on any atom is -0.301 e. The second kappa shape index (κ2) is 6.89. The number of amides is 1. The Labute approximate surface area is 137 Å². The zero-order chi connectivity index (χ0) is 15.4. The smallest absolute Gasteiger partial charge is 0.225 e. The number of hydrogen-bond acceptors (Lipinski definition) is 5. The van der Waals surface area contributed by atoms with Gasteiger partial charge < -0.3 is 5.32 Å². The number of thioether (sulfide) groups is 1. The van der Waals surface area contributed by atoms with E-state index in [2.05, 4.69) is 51.9 Å². The Balaban J connectivity index is 1.70. The molecule has 1 amide bonds. The number of nitrogens with zero attached hydrogens (tertiary/aromatic N) is 2. The molecule has 0 aliphatic heterocycles. The Hall–Kier alpha value is -1.92. The molecule has 0 aliphatic rings. The lowest BCUT2D eigenvalue weighted by molar-refractivity contribution is -0.115. The predicted octanol–water partition coefficient (Wildman–Crippen LogP) is 4.33. The number of nitrogens with one attached hydrogen (secondary N) is 1. The third kappa shape index (κ3) is 3.45. The fourth-order valence-corrected chi connectivity index (χ4v) is 3.86. The van der Waals surface area contributed by atoms with Gasteiger partial charge in [0.25, 0.3) is 0 Å². The van der Waals surface area contributed by atoms with E-state index in [-0.39, 0.29) is 5.91 Å². The molecule has 1 aromatic heterocycles. The molecule has 0 unspecified atom stereocenters. The van der Waals surface area contributed by atoms with Gasteiger partial charge in [-0.15, -0.1) is 10.2 Å². The highest BCUT2D eigenvalue weighted by Gasteiger charge is 2.08. The van der Waals surface area contributed by atoms with Gasteiger partial charge in [-0.25, -0.2) is 0 Å². The maximum absolute atomic E-state index is 11.3. The second-order valence-corrected chi connectivity index (χ2v) is 6.90. The molecule has 0 bridgehead atoms. The van der Waals surface area contributed by atoms with Crippen molar-refractivity contribution in [3.63, 3.8) is 0 Å². The molecule has 4 nitrogen and oxygen atoms in total. The van der Waals surface area contributed by atoms with Gasteiger partial charge in [-0.1, -0.05) is 72.5 Å². The van der Waals surface area contributed by atoms with Crippen LogP contribution >= 0.6 is 23.1 Å². The van der Waals surface area contributed by atoms with Crippen LogP contribution in [0.5, 0.6) is 0 Å². The zero-order valence-corrected chi connectivity index (χ0v) is 13.7. The Morgan fingerprint density at radius 3 is 2.86 bits per heavy atom. The SMILES string of the molecule is CCC(=O)Nc1nnc(SCc2cccc3ccccc23)s1. The van der Waals surface area contributed by atoms with E-state index in [1.807, 2.05) is 13.0 Å². The molecule has 0 radical (unpaired) electrons. The van der Waals surface area contributed by atoms with Gasteiger partial charge >= 0.3 is 0 Å². The zero-order valence-electron chi connectivity index (χ0n) is 12.1. The Morgan fingerprint density at radius 2 is 2.00 bits per heavy atom. The number of anilines is 1. The van der Waals surface area contributed by atoms with Crippen molar-refractivity contribution in [1.82, 2.24) is 10.2 Å². The maximum atomic E-state index is 11.3. The van der Waals surface area contributed by atoms with Crippen molar-refractivity contribution in [3.8, 4) is 0 Å². The molecular weight excluding hydrogens is 314 g/mol. The summed E-state index contributed by atoms with van der Waals surface area (Å²) in [7, 11) is 0. The van der Waals surface area contributed by atoms with Crippen LogP contribution in [0.15, 0.2) is 46.8 Å². The summed E-state index contributed by atoms with van der Waals surface area (Å²) in [5, 5.41) is 13.9. The van der Waals surface area contributed by atoms with Crippen molar-refractivity contribution in [2.45, 2.75) is 23.4 Å². The summed E-state index contributed by atoms with van der Waals surface area (Å²) in [6.45, 7) is 1.81. The van der Waals surface area contributed by atoms with Crippen LogP contribution in [0.2, 0.25) is 0 Å². The van der Waals surface area contributed by atoms with Gasteiger partial charge in [0, 0.05) is 12.2 Å². The van der Waals surface area contributed by atoms with Crippen LogP contribution in [-0.4, -0.2) is 16.1 Å². The van der Waals surface area contributed by atoms with Gasteiger partial charge in [-0.05, 0) is 16.3 Å². The molecule has 0 aliphatic carbocycles. The summed E-state index contributed by atoms with van der Waals surface area (Å²) in [5.41, 5.74) is 1.28. The van der Waals surface area contributed by atoms with E-state index < -0.39 is 0 Å². The summed E-state index contributed by atoms with van der Waals surface area (Å²) in [6, 6.07) is 14.7. The van der Waals surface area contributed by atoms with E-state index in [1.165, 1.54) is 27.7 Å². The van der Waals surface area contributed by atoms with Gasteiger partial charge in [0.15, 0.2) is 4.34 Å². The highest BCUT2D eigenvalue weighted by Crippen LogP contribution is 2.30. The third-order valence-corrected chi connectivity index (χ3v) is 5.23. The van der Waals surface area contributed by atoms with E-state index in [9.17, 15) is 4.79 Å². The van der Waals surface area contributed by atoms with Crippen LogP contribution in [0.25, 0.3) is 10.8 Å². The molecule has 3 aromatic rings. The van der Waals surface area contributed by atoms with Crippen LogP contribution in [-0.2, 0) is 10.5 Å². The number of carbonyl (C=O) groups is 1. The number of rotatable bonds is 5. The van der Waals surface area contributed by atoms with Crippen LogP contribution in [0.4, 0.5) is 5.13 Å². The normalized spacial score (nSPS) is 10.8. The Kier molecular flexibility index (Phi) is 4.70. The molecule has 1 N–H and O–H groups in total. The van der Waals surface area contributed by atoms with Gasteiger partial charge in [-0.3, -0.25) is 4.79 Å². The summed E-state index contributed by atoms with van der Waals surface area (Å²) >= 11 is 3.05. The first-order valence-electron chi connectivity index (χ1n) is 6.99. The quantitative estimate of drug-likeness (QED) is 0.559. The Bertz CT molecular complexity index is 795. The summed E-state index contributed by atoms with van der Waals surface area (Å²) < 4.78 is 0.860. The first-order chi connectivity index (χ1) is 10.8. The Morgan fingerprint density at radius 1 is 1.18 bits per heavy atom. The molecule has 1 heterocycles. The number of hydrogen-bond donors (Lipinski definition) is 1. The molecule has 3 rings (SSSR count). The summed E-state index contributed by atoms with van der Waals surface area (Å²) in [4.78, 5) is 11.3. The van der Waals surface area contributed by atoms with Crippen molar-refractivity contribution in [3.05, 3.63) is 48.0 Å². The average molecular weight is 329 g/mol. The number of benzene rings is 2. The minimum absolute atomic E-state index is 0.0400. The second-order valence-electron chi connectivity index (χ2n) is 4.70. The fourth-order valence-electron chi connectivity index (χ4n) is 2.08. The fraction of sp³-hybridized carbons (Fsp3) is 0.188. The van der Waals surface area contributed by atoms with Crippen LogP contribution < -0.4 is 5.32 Å². The van der Waals surface area contributed by atoms with E-state index in [0.717, 1.165) is 10.1 Å². The number of fused-ring (bicyclic) bond motifs is 1. The van der Waals surface area contributed by atoms with Crippen molar-refractivity contribution >= 4 is 44.9 Å². The molecule has 0 fully saturated rings. The molecular formula is C16H15N3OS2. The lowest BCUT2D eigenvalue weighted by atomic mass is 10.1. The molecule has 2 aromatic carbocycles. The van der Waals surface area contributed by atoms with Crippen LogP contribution in [0.1, 0.15) is 18.9 Å². The molecule has 0 spiro atoms. The minimum atomic E-state index is -0.0400. The monoisotopic (exact) mass is 329 g/mol. The van der Waals surface area contributed by atoms with Gasteiger partial charge in [-0.2, -0.15) is 0 Å². The van der Waals surface area contributed by atoms with E-state index in [0.29, 0.717) is 11.6 Å². The summed E-state index contributed by atoms with van der Waals surface area (Å²) in [6.07, 6.45) is 0.443. The third-order valence-electron chi connectivity index (χ3n) is 3.21. The first kappa shape index (κ1) is 15.0. The van der Waals surface area contributed by atoms with Gasteiger partial charge in [0.05, 0.1) is 0 Å². The molecule has 0 atom stereocenters. The van der Waals surface area contributed by atoms with Crippen LogP contribution in [0.3, 0.4) is 0 Å². The lowest BCUT2D eigenvalue weighted by Gasteiger charge is -2.04. The molecule has 0 saturated heterocycles. The molecule has 22 heavy (non-hydrogen) atoms. The highest BCUT2D eigenvalue weighted by molar-refractivity contribution is 8.00. The number of carbonyl (C=O) groups excluding carboxylic acids is 1. The van der Waals surface area contributed by atoms with Gasteiger partial charge in [0.1, 0.15) is 0 Å². The summed E-state index contributed by atoms with van der Waals surface area (Å²) in [5.74, 6) is 0.791. The number of aromatic nitrogens is 2. The van der Waals surface area contributed by atoms with Crippen molar-refractivity contribution in [2.75, 3.05) is 5.32 Å². The first-order valence-corrected chi connectivity index (χ1v) is 8.79.